The minimum atomic E-state index is -0.330. The molecule has 2 aromatic carbocycles. The summed E-state index contributed by atoms with van der Waals surface area (Å²) in [5.41, 5.74) is 1.74. The number of halogens is 1. The van der Waals surface area contributed by atoms with Crippen LogP contribution < -0.4 is 15.4 Å². The van der Waals surface area contributed by atoms with Crippen molar-refractivity contribution in [1.29, 1.82) is 0 Å². The van der Waals surface area contributed by atoms with Crippen LogP contribution in [0.25, 0.3) is 0 Å². The largest absolute Gasteiger partial charge is 0.492 e. The molecule has 0 heterocycles. The van der Waals surface area contributed by atoms with Crippen LogP contribution in [0.4, 0.5) is 5.69 Å². The Morgan fingerprint density at radius 3 is 2.23 bits per heavy atom. The van der Waals surface area contributed by atoms with Gasteiger partial charge in [0.15, 0.2) is 5.11 Å². The number of thiocarbonyl (C=S) groups is 1. The molecule has 0 aliphatic heterocycles. The highest BCUT2D eigenvalue weighted by Gasteiger charge is 2.13. The Kier molecular flexibility index (Phi) is 9.26. The highest BCUT2D eigenvalue weighted by molar-refractivity contribution is 9.10. The van der Waals surface area contributed by atoms with Crippen LogP contribution in [-0.2, 0) is 0 Å². The van der Waals surface area contributed by atoms with Gasteiger partial charge in [-0.1, -0.05) is 6.92 Å². The molecule has 8 heteroatoms. The van der Waals surface area contributed by atoms with Crippen molar-refractivity contribution in [3.05, 3.63) is 58.1 Å². The molecule has 0 aliphatic rings. The van der Waals surface area contributed by atoms with Crippen LogP contribution in [0.15, 0.2) is 46.9 Å². The van der Waals surface area contributed by atoms with Crippen molar-refractivity contribution in [3.8, 4) is 5.75 Å². The fraction of sp³-hybridized carbons (Fsp3) is 0.318. The Balaban J connectivity index is 1.96. The number of anilines is 1. The van der Waals surface area contributed by atoms with Crippen molar-refractivity contribution in [1.82, 2.24) is 10.2 Å². The lowest BCUT2D eigenvalue weighted by Crippen LogP contribution is -2.34. The topological polar surface area (TPSA) is 70.7 Å². The molecule has 0 atom stereocenters. The highest BCUT2D eigenvalue weighted by atomic mass is 79.9. The molecule has 2 N–H and O–H groups in total. The van der Waals surface area contributed by atoms with Crippen LogP contribution in [0.2, 0.25) is 0 Å². The van der Waals surface area contributed by atoms with E-state index in [0.717, 1.165) is 6.42 Å². The second kappa shape index (κ2) is 11.7. The Bertz CT molecular complexity index is 899. The van der Waals surface area contributed by atoms with Crippen molar-refractivity contribution in [2.24, 2.45) is 0 Å². The number of hydrogen-bond acceptors (Lipinski definition) is 4. The molecule has 0 aliphatic carbocycles. The number of hydrogen-bond donors (Lipinski definition) is 2. The van der Waals surface area contributed by atoms with Crippen LogP contribution in [0.5, 0.6) is 5.75 Å². The summed E-state index contributed by atoms with van der Waals surface area (Å²) in [5, 5.41) is 5.78. The van der Waals surface area contributed by atoms with Crippen LogP contribution in [0.3, 0.4) is 0 Å². The predicted octanol–water partition coefficient (Wildman–Crippen LogP) is 4.85. The number of rotatable bonds is 8. The van der Waals surface area contributed by atoms with E-state index in [0.29, 0.717) is 46.7 Å². The maximum atomic E-state index is 12.5. The molecule has 0 fully saturated rings. The molecule has 2 amide bonds. The van der Waals surface area contributed by atoms with Gasteiger partial charge in [-0.05, 0) is 90.9 Å². The van der Waals surface area contributed by atoms with E-state index in [1.165, 1.54) is 0 Å². The monoisotopic (exact) mass is 491 g/mol. The van der Waals surface area contributed by atoms with E-state index in [-0.39, 0.29) is 16.9 Å². The molecule has 0 radical (unpaired) electrons. The zero-order valence-electron chi connectivity index (χ0n) is 17.3. The summed E-state index contributed by atoms with van der Waals surface area (Å²) in [4.78, 5) is 26.6. The Labute approximate surface area is 191 Å². The molecule has 0 unspecified atom stereocenters. The molecule has 2 rings (SSSR count). The number of ether oxygens (including phenoxy) is 1. The third kappa shape index (κ3) is 6.53. The van der Waals surface area contributed by atoms with E-state index < -0.39 is 0 Å². The molecular weight excluding hydrogens is 466 g/mol. The van der Waals surface area contributed by atoms with Gasteiger partial charge in [-0.2, -0.15) is 0 Å². The van der Waals surface area contributed by atoms with Gasteiger partial charge in [0.2, 0.25) is 0 Å². The third-order valence-electron chi connectivity index (χ3n) is 4.32. The number of amides is 2. The molecule has 2 aromatic rings. The molecule has 0 saturated carbocycles. The van der Waals surface area contributed by atoms with Crippen molar-refractivity contribution in [3.63, 3.8) is 0 Å². The minimum Gasteiger partial charge on any atom is -0.492 e. The van der Waals surface area contributed by atoms with E-state index in [1.54, 1.807) is 47.4 Å². The van der Waals surface area contributed by atoms with Crippen molar-refractivity contribution < 1.29 is 14.3 Å². The quantitative estimate of drug-likeness (QED) is 0.516. The summed E-state index contributed by atoms with van der Waals surface area (Å²) in [6, 6.07) is 12.1. The standard InChI is InChI=1S/C22H26BrN3O3S/c1-4-13-29-19-12-9-16(14-18(19)23)20(27)25-22(30)24-17-10-7-15(8-11-17)21(28)26(5-2)6-3/h7-12,14H,4-6,13H2,1-3H3,(H2,24,25,27,30). The van der Waals surface area contributed by atoms with Crippen LogP contribution in [0, 0.1) is 0 Å². The van der Waals surface area contributed by atoms with E-state index in [1.807, 2.05) is 20.8 Å². The fourth-order valence-electron chi connectivity index (χ4n) is 2.70. The second-order valence-electron chi connectivity index (χ2n) is 6.46. The Hall–Kier alpha value is -2.45. The molecule has 30 heavy (non-hydrogen) atoms. The lowest BCUT2D eigenvalue weighted by atomic mass is 10.2. The highest BCUT2D eigenvalue weighted by Crippen LogP contribution is 2.26. The van der Waals surface area contributed by atoms with Gasteiger partial charge in [0.25, 0.3) is 11.8 Å². The summed E-state index contributed by atoms with van der Waals surface area (Å²) < 4.78 is 6.30. The first kappa shape index (κ1) is 23.8. The van der Waals surface area contributed by atoms with Gasteiger partial charge in [-0.25, -0.2) is 0 Å². The fourth-order valence-corrected chi connectivity index (χ4v) is 3.40. The second-order valence-corrected chi connectivity index (χ2v) is 7.72. The maximum absolute atomic E-state index is 12.5. The number of carbonyl (C=O) groups excluding carboxylic acids is 2. The summed E-state index contributed by atoms with van der Waals surface area (Å²) in [6.45, 7) is 7.85. The van der Waals surface area contributed by atoms with E-state index in [2.05, 4.69) is 26.6 Å². The van der Waals surface area contributed by atoms with E-state index in [4.69, 9.17) is 17.0 Å². The predicted molar refractivity (Wildman–Crippen MR) is 127 cm³/mol. The summed E-state index contributed by atoms with van der Waals surface area (Å²) in [5.74, 6) is 0.344. The molecular formula is C22H26BrN3O3S. The molecule has 6 nitrogen and oxygen atoms in total. The average molecular weight is 492 g/mol. The molecule has 0 saturated heterocycles. The van der Waals surface area contributed by atoms with Crippen molar-refractivity contribution >= 4 is 50.8 Å². The van der Waals surface area contributed by atoms with Gasteiger partial charge in [-0.3, -0.25) is 14.9 Å². The van der Waals surface area contributed by atoms with Gasteiger partial charge in [0.1, 0.15) is 5.75 Å². The van der Waals surface area contributed by atoms with Gasteiger partial charge in [-0.15, -0.1) is 0 Å². The Morgan fingerprint density at radius 2 is 1.67 bits per heavy atom. The summed E-state index contributed by atoms with van der Waals surface area (Å²) >= 11 is 8.66. The summed E-state index contributed by atoms with van der Waals surface area (Å²) in [6.07, 6.45) is 0.902. The normalized spacial score (nSPS) is 10.3. The van der Waals surface area contributed by atoms with E-state index >= 15 is 0 Å². The van der Waals surface area contributed by atoms with Crippen LogP contribution in [0.1, 0.15) is 47.9 Å². The number of benzene rings is 2. The zero-order chi connectivity index (χ0) is 22.1. The maximum Gasteiger partial charge on any atom is 0.257 e. The smallest absolute Gasteiger partial charge is 0.257 e. The van der Waals surface area contributed by atoms with Gasteiger partial charge in [0, 0.05) is 29.9 Å². The molecule has 0 bridgehead atoms. The van der Waals surface area contributed by atoms with Crippen molar-refractivity contribution in [2.45, 2.75) is 27.2 Å². The number of carbonyl (C=O) groups is 2. The van der Waals surface area contributed by atoms with Crippen LogP contribution in [-0.4, -0.2) is 41.5 Å². The first-order chi connectivity index (χ1) is 14.4. The first-order valence-corrected chi connectivity index (χ1v) is 11.0. The molecule has 0 aromatic heterocycles. The first-order valence-electron chi connectivity index (χ1n) is 9.83. The Morgan fingerprint density at radius 1 is 1.03 bits per heavy atom. The average Bonchev–Trinajstić information content (AvgIpc) is 2.74. The summed E-state index contributed by atoms with van der Waals surface area (Å²) in [7, 11) is 0. The molecule has 0 spiro atoms. The number of nitrogens with one attached hydrogen (secondary N) is 2. The SMILES string of the molecule is CCCOc1ccc(C(=O)NC(=S)Nc2ccc(C(=O)N(CC)CC)cc2)cc1Br. The lowest BCUT2D eigenvalue weighted by Gasteiger charge is -2.18. The number of nitrogens with zero attached hydrogens (tertiary/aromatic N) is 1. The van der Waals surface area contributed by atoms with Crippen molar-refractivity contribution in [2.75, 3.05) is 25.0 Å². The van der Waals surface area contributed by atoms with Gasteiger partial charge < -0.3 is 15.0 Å². The zero-order valence-corrected chi connectivity index (χ0v) is 19.7. The van der Waals surface area contributed by atoms with E-state index in [9.17, 15) is 9.59 Å². The minimum absolute atomic E-state index is 0.0145. The third-order valence-corrected chi connectivity index (χ3v) is 5.15. The molecule has 160 valence electrons. The van der Waals surface area contributed by atoms with Gasteiger partial charge in [0.05, 0.1) is 11.1 Å². The van der Waals surface area contributed by atoms with Crippen LogP contribution >= 0.6 is 28.1 Å². The lowest BCUT2D eigenvalue weighted by molar-refractivity contribution is 0.0772. The van der Waals surface area contributed by atoms with Gasteiger partial charge >= 0.3 is 0 Å².